The number of halogens is 3. The molecule has 0 radical (unpaired) electrons. The Balaban J connectivity index is 0.000000537. The van der Waals surface area contributed by atoms with Crippen molar-refractivity contribution in [3.05, 3.63) is 34.9 Å². The molecule has 9 fully saturated rings. The van der Waals surface area contributed by atoms with Crippen molar-refractivity contribution in [3.63, 3.8) is 0 Å². The summed E-state index contributed by atoms with van der Waals surface area (Å²) >= 11 is 2.99. The molecule has 3 unspecified atom stereocenters. The Labute approximate surface area is 755 Å². The highest BCUT2D eigenvalue weighted by Crippen LogP contribution is 2.71. The van der Waals surface area contributed by atoms with Gasteiger partial charge in [0.1, 0.15) is 29.7 Å². The third-order valence-corrected chi connectivity index (χ3v) is 33.1. The van der Waals surface area contributed by atoms with E-state index in [4.69, 9.17) is 24.1 Å². The molecule has 0 aliphatic heterocycles. The van der Waals surface area contributed by atoms with Crippen LogP contribution in [-0.2, 0) is 33.3 Å². The van der Waals surface area contributed by atoms with Crippen molar-refractivity contribution in [2.24, 2.45) is 139 Å². The number of carbonyl (C=O) groups excluding carboxylic acids is 2. The van der Waals surface area contributed by atoms with Crippen molar-refractivity contribution in [2.45, 2.75) is 409 Å². The zero-order valence-corrected chi connectivity index (χ0v) is 83.2. The van der Waals surface area contributed by atoms with Gasteiger partial charge in [0.15, 0.2) is 0 Å². The Morgan fingerprint density at radius 2 is 0.746 bits per heavy atom. The van der Waals surface area contributed by atoms with Crippen LogP contribution in [0.2, 0.25) is 0 Å². The van der Waals surface area contributed by atoms with E-state index in [2.05, 4.69) is 159 Å². The molecule has 118 heavy (non-hydrogen) atoms. The fourth-order valence-corrected chi connectivity index (χ4v) is 27.5. The Kier molecular flexibility index (Phi) is 46.6. The summed E-state index contributed by atoms with van der Waals surface area (Å²) in [5.41, 5.74) is 6.75. The van der Waals surface area contributed by atoms with Gasteiger partial charge in [-0.15, -0.1) is 12.4 Å². The number of quaternary nitrogens is 1. The van der Waals surface area contributed by atoms with E-state index < -0.39 is 11.6 Å². The number of hydrogen-bond donors (Lipinski definition) is 3. The highest BCUT2D eigenvalue weighted by atomic mass is 79.9. The first kappa shape index (κ1) is 113. The summed E-state index contributed by atoms with van der Waals surface area (Å²) in [5.74, 6) is 14.6. The topological polar surface area (TPSA) is 136 Å². The Morgan fingerprint density at radius 3 is 1.03 bits per heavy atom. The molecule has 12 aliphatic carbocycles. The smallest absolute Gasteiger partial charge is 0.332 e. The van der Waals surface area contributed by atoms with Gasteiger partial charge in [-0.2, -0.15) is 0 Å². The fraction of sp³-hybridized carbons (Fsp3) is 0.913. The number of aliphatic hydroxyl groups excluding tert-OH is 1. The number of carboxylic acids is 1. The second kappa shape index (κ2) is 48.7. The van der Waals surface area contributed by atoms with Crippen LogP contribution < -0.4 is 21.9 Å². The SMILES string of the molecule is C.C.C.CC(C)(C)OC(=O)CBr.CC(C)CCC[C@@H](C)[C@H]1CC[C@H]2[C@@H]3CC=C4CC(O)CC[C@]4(C)[C@H]3CC[C@]12C.CC(C)CCC[C@@H](C)[C@H]1CC[C@H]2[C@@H]3CC=C4CC(OCC(=O)O)CC[C@]4(C)[C@H]3CC[C@]12C.CC(C)CCC[C@@H](C)[C@H]1CC[C@H]2[C@@H]3CC=C4CC(OCC(=O)OC(C)(C)C)CC[C@]4(C)[C@H]3CC[C@]12C.CN(C)C.C[NH+](C)C.Cl.[Br-]. The van der Waals surface area contributed by atoms with Gasteiger partial charge in [-0.25, -0.2) is 9.59 Å². The Hall–Kier alpha value is -1.32. The van der Waals surface area contributed by atoms with Crippen LogP contribution in [0.4, 0.5) is 0 Å². The molecule has 24 atom stereocenters. The van der Waals surface area contributed by atoms with Gasteiger partial charge in [0.25, 0.3) is 0 Å². The normalized spacial score (nSPS) is 35.8. The summed E-state index contributed by atoms with van der Waals surface area (Å²) in [6, 6.07) is 0. The molecule has 0 spiro atoms. The second-order valence-electron chi connectivity index (χ2n) is 45.7. The zero-order chi connectivity index (χ0) is 84.1. The number of carboxylic acid groups (broad SMARTS) is 1. The fourth-order valence-electron chi connectivity index (χ4n) is 27.4. The Bertz CT molecular complexity index is 3050. The summed E-state index contributed by atoms with van der Waals surface area (Å²) in [5, 5.41) is 19.5. The summed E-state index contributed by atoms with van der Waals surface area (Å²) < 4.78 is 22.1. The van der Waals surface area contributed by atoms with Crippen molar-refractivity contribution >= 4 is 46.2 Å². The summed E-state index contributed by atoms with van der Waals surface area (Å²) in [6.45, 7) is 48.8. The molecule has 0 aromatic rings. The van der Waals surface area contributed by atoms with Crippen molar-refractivity contribution in [1.29, 1.82) is 0 Å². The van der Waals surface area contributed by atoms with E-state index in [1.807, 2.05) is 67.6 Å². The van der Waals surface area contributed by atoms with E-state index in [0.29, 0.717) is 32.5 Å². The number of nitrogens with one attached hydrogen (secondary N) is 1. The lowest BCUT2D eigenvalue weighted by Gasteiger charge is -2.58. The molecular weight excluding hydrogens is 1620 g/mol. The molecule has 14 heteroatoms. The van der Waals surface area contributed by atoms with Crippen LogP contribution in [0.25, 0.3) is 0 Å². The van der Waals surface area contributed by atoms with E-state index in [-0.39, 0.29) is 106 Å². The molecule has 12 aliphatic rings. The minimum absolute atomic E-state index is 0. The third-order valence-electron chi connectivity index (χ3n) is 32.6. The predicted octanol–water partition coefficient (Wildman–Crippen LogP) is 23.6. The molecule has 11 nitrogen and oxygen atoms in total. The lowest BCUT2D eigenvalue weighted by Crippen LogP contribution is -3.02. The summed E-state index contributed by atoms with van der Waals surface area (Å²) in [4.78, 5) is 37.1. The van der Waals surface area contributed by atoms with E-state index in [0.717, 1.165) is 145 Å². The van der Waals surface area contributed by atoms with Crippen molar-refractivity contribution in [2.75, 3.05) is 60.8 Å². The molecule has 0 amide bonds. The molecule has 0 saturated heterocycles. The molecular formula is C104H193Br2ClN2O9. The molecule has 0 heterocycles. The standard InChI is InChI=1S/C33H56O3.C29H48O3.C27H46O.C6H11BrO2.2C3H9N.3CH4.BrH.ClH/c1-22(2)10-9-11-23(3)27-14-15-28-26-13-12-24-20-25(35-21-30(34)36-31(4,5)6)16-18-32(24,7)29(26)17-19-33(27,28)8;1-19(2)7-6-8-20(3)24-11-12-25-23-10-9-21-17-22(32-18-27(30)31)13-15-28(21,4)26(23)14-16-29(24,25)5;1-18(2)7-6-8-19(3)23-11-12-24-22-10-9-20-17-21(28)13-15-26(20,4)25(22)14-16-27(23,24)5;1-6(2,3)9-5(8)4-7;2*1-4(2)3;;;;;/h12,22-23,25-29H,9-11,13-21H2,1-8H3;9,19-20,22-26H,6-8,10-18H2,1-5H3,(H,30,31);9,18-19,21-25,28H,6-8,10-17H2,1-5H3;4H2,1-3H3;2*1-3H3;3*1H4;2*1H/t23-,25?,26+,27-,28+,29+,32+,33-;20-,22?,23+,24-,25+,26+,28+,29-;19-,21?,22+,23-,24+,25+,26+,27-;;;;;;;;/m111......../s1. The summed E-state index contributed by atoms with van der Waals surface area (Å²) in [6.07, 6.45) is 51.4. The molecule has 0 aromatic heterocycles. The number of alkyl halides is 1. The third kappa shape index (κ3) is 29.4. The number of nitrogens with zero attached hydrogens (tertiary/aromatic N) is 1. The number of allylic oxidation sites excluding steroid dienone is 3. The van der Waals surface area contributed by atoms with Crippen LogP contribution in [-0.4, -0.2) is 123 Å². The van der Waals surface area contributed by atoms with E-state index in [1.165, 1.54) is 178 Å². The van der Waals surface area contributed by atoms with Crippen LogP contribution in [0.3, 0.4) is 0 Å². The van der Waals surface area contributed by atoms with Crippen LogP contribution in [0, 0.1) is 139 Å². The lowest BCUT2D eigenvalue weighted by atomic mass is 9.47. The Morgan fingerprint density at radius 1 is 0.458 bits per heavy atom. The van der Waals surface area contributed by atoms with E-state index in [9.17, 15) is 19.5 Å². The lowest BCUT2D eigenvalue weighted by molar-refractivity contribution is -0.836. The highest BCUT2D eigenvalue weighted by molar-refractivity contribution is 9.09. The number of esters is 2. The monoisotopic (exact) mass is 1810 g/mol. The average Bonchev–Trinajstić information content (AvgIpc) is 1.44. The number of fused-ring (bicyclic) bond motifs is 15. The first-order valence-electron chi connectivity index (χ1n) is 47.2. The number of aliphatic hydroxyl groups is 1. The van der Waals surface area contributed by atoms with Crippen molar-refractivity contribution in [1.82, 2.24) is 4.90 Å². The zero-order valence-electron chi connectivity index (χ0n) is 79.2. The molecule has 12 rings (SSSR count). The first-order chi connectivity index (χ1) is 52.7. The van der Waals surface area contributed by atoms with Gasteiger partial charge in [0.2, 0.25) is 0 Å². The van der Waals surface area contributed by atoms with E-state index in [1.54, 1.807) is 16.7 Å². The van der Waals surface area contributed by atoms with Gasteiger partial charge in [-0.05, 0) is 356 Å². The van der Waals surface area contributed by atoms with Gasteiger partial charge in [0.05, 0.1) is 39.5 Å². The van der Waals surface area contributed by atoms with E-state index >= 15 is 0 Å². The number of rotatable bonds is 22. The maximum absolute atomic E-state index is 12.2. The van der Waals surface area contributed by atoms with Crippen molar-refractivity contribution in [3.8, 4) is 0 Å². The molecule has 0 bridgehead atoms. The number of carbonyl (C=O) groups is 3. The molecule has 3 N–H and O–H groups in total. The average molecular weight is 1810 g/mol. The number of aliphatic carboxylic acids is 1. The molecule has 9 saturated carbocycles. The van der Waals surface area contributed by atoms with Crippen LogP contribution in [0.15, 0.2) is 34.9 Å². The van der Waals surface area contributed by atoms with Gasteiger partial charge < -0.3 is 55.9 Å². The maximum atomic E-state index is 12.2. The predicted molar refractivity (Wildman–Crippen MR) is 504 cm³/mol. The van der Waals surface area contributed by atoms with Gasteiger partial charge in [-0.1, -0.05) is 235 Å². The van der Waals surface area contributed by atoms with Gasteiger partial charge in [0, 0.05) is 0 Å². The van der Waals surface area contributed by atoms with Crippen molar-refractivity contribution < 1.29 is 65.4 Å². The minimum atomic E-state index is -0.850. The quantitative estimate of drug-likeness (QED) is 0.0546. The van der Waals surface area contributed by atoms with Gasteiger partial charge in [-0.3, -0.25) is 4.79 Å². The highest BCUT2D eigenvalue weighted by Gasteiger charge is 2.63. The molecule has 694 valence electrons. The number of hydrogen-bond acceptors (Lipinski definition) is 9. The van der Waals surface area contributed by atoms with Crippen LogP contribution in [0.5, 0.6) is 0 Å². The number of ether oxygens (including phenoxy) is 4. The molecule has 0 aromatic carbocycles. The maximum Gasteiger partial charge on any atom is 0.332 e. The van der Waals surface area contributed by atoms with Crippen LogP contribution >= 0.6 is 28.3 Å². The largest absolute Gasteiger partial charge is 1.00 e. The minimum Gasteiger partial charge on any atom is -1.00 e. The van der Waals surface area contributed by atoms with Crippen LogP contribution in [0.1, 0.15) is 380 Å². The second-order valence-corrected chi connectivity index (χ2v) is 46.2. The van der Waals surface area contributed by atoms with Gasteiger partial charge >= 0.3 is 17.9 Å². The first-order valence-corrected chi connectivity index (χ1v) is 48.4. The summed E-state index contributed by atoms with van der Waals surface area (Å²) in [7, 11) is 12.3.